The van der Waals surface area contributed by atoms with Crippen molar-refractivity contribution >= 4 is 10.9 Å². The summed E-state index contributed by atoms with van der Waals surface area (Å²) < 4.78 is 13.1. The quantitative estimate of drug-likeness (QED) is 0.665. The molecule has 1 aromatic carbocycles. The van der Waals surface area contributed by atoms with Crippen LogP contribution >= 0.6 is 0 Å². The smallest absolute Gasteiger partial charge is 0.147 e. The zero-order valence-electron chi connectivity index (χ0n) is 6.89. The lowest BCUT2D eigenvalue weighted by molar-refractivity contribution is 0.637. The summed E-state index contributed by atoms with van der Waals surface area (Å²) in [5.74, 6) is -0.174. The number of aryl methyl sites for hydroxylation is 1. The van der Waals surface area contributed by atoms with Crippen LogP contribution in [0.1, 0.15) is 12.5 Å². The zero-order valence-corrected chi connectivity index (χ0v) is 6.89. The average molecular weight is 163 g/mol. The van der Waals surface area contributed by atoms with Crippen LogP contribution in [0.2, 0.25) is 0 Å². The van der Waals surface area contributed by atoms with Gasteiger partial charge in [0.05, 0.1) is 5.52 Å². The second-order valence-electron chi connectivity index (χ2n) is 2.83. The van der Waals surface area contributed by atoms with E-state index in [-0.39, 0.29) is 5.82 Å². The molecule has 0 saturated carbocycles. The van der Waals surface area contributed by atoms with Gasteiger partial charge in [0.1, 0.15) is 5.82 Å². The van der Waals surface area contributed by atoms with Crippen molar-refractivity contribution in [3.63, 3.8) is 0 Å². The van der Waals surface area contributed by atoms with Crippen molar-refractivity contribution in [2.45, 2.75) is 13.3 Å². The lowest BCUT2D eigenvalue weighted by Crippen LogP contribution is -1.77. The van der Waals surface area contributed by atoms with Crippen LogP contribution in [0, 0.1) is 5.82 Å². The maximum absolute atomic E-state index is 13.1. The summed E-state index contributed by atoms with van der Waals surface area (Å²) in [7, 11) is 0. The molecule has 0 atom stereocenters. The van der Waals surface area contributed by atoms with Crippen LogP contribution < -0.4 is 0 Å². The molecule has 0 aliphatic heterocycles. The summed E-state index contributed by atoms with van der Waals surface area (Å²) in [5, 5.41) is 0.998. The predicted octanol–water partition coefficient (Wildman–Crippen LogP) is 2.87. The van der Waals surface area contributed by atoms with E-state index in [4.69, 9.17) is 0 Å². The molecule has 0 spiro atoms. The second-order valence-corrected chi connectivity index (χ2v) is 2.83. The summed E-state index contributed by atoms with van der Waals surface area (Å²) in [5.41, 5.74) is 1.79. The minimum atomic E-state index is -0.174. The molecule has 2 heteroatoms. The maximum atomic E-state index is 13.1. The van der Waals surface area contributed by atoms with Gasteiger partial charge in [-0.2, -0.15) is 0 Å². The molecule has 2 aromatic rings. The second kappa shape index (κ2) is 2.63. The highest BCUT2D eigenvalue weighted by atomic mass is 19.1. The van der Waals surface area contributed by atoms with Crippen LogP contribution in [0.5, 0.6) is 0 Å². The Morgan fingerprint density at radius 2 is 2.25 bits per heavy atom. The monoisotopic (exact) mass is 163 g/mol. The molecule has 0 aliphatic rings. The van der Waals surface area contributed by atoms with E-state index < -0.39 is 0 Å². The Kier molecular flexibility index (Phi) is 1.61. The van der Waals surface area contributed by atoms with Crippen molar-refractivity contribution in [1.29, 1.82) is 0 Å². The molecule has 0 bridgehead atoms. The van der Waals surface area contributed by atoms with Crippen LogP contribution in [-0.2, 0) is 6.42 Å². The van der Waals surface area contributed by atoms with Gasteiger partial charge in [0, 0.05) is 11.6 Å². The number of fused-ring (bicyclic) bond motifs is 1. The molecule has 2 rings (SSSR count). The molecule has 0 amide bonds. The standard InChI is InChI=1S/C10H10FN/c1-2-7-6-12-10-8(7)4-3-5-9(10)11/h3-6,12H,2H2,1H3. The van der Waals surface area contributed by atoms with Crippen molar-refractivity contribution in [3.05, 3.63) is 35.8 Å². The van der Waals surface area contributed by atoms with Crippen molar-refractivity contribution < 1.29 is 4.39 Å². The third-order valence-electron chi connectivity index (χ3n) is 2.13. The number of aromatic amines is 1. The van der Waals surface area contributed by atoms with Crippen molar-refractivity contribution in [1.82, 2.24) is 4.98 Å². The Labute approximate surface area is 70.2 Å². The molecule has 1 heterocycles. The summed E-state index contributed by atoms with van der Waals surface area (Å²) in [6, 6.07) is 5.15. The Morgan fingerprint density at radius 3 is 3.00 bits per heavy atom. The van der Waals surface area contributed by atoms with Crippen molar-refractivity contribution in [2.75, 3.05) is 0 Å². The van der Waals surface area contributed by atoms with Gasteiger partial charge in [-0.1, -0.05) is 19.1 Å². The molecular formula is C10H10FN. The molecule has 0 radical (unpaired) electrons. The van der Waals surface area contributed by atoms with Gasteiger partial charge >= 0.3 is 0 Å². The third kappa shape index (κ3) is 0.916. The molecule has 12 heavy (non-hydrogen) atoms. The van der Waals surface area contributed by atoms with Crippen molar-refractivity contribution in [3.8, 4) is 0 Å². The third-order valence-corrected chi connectivity index (χ3v) is 2.13. The van der Waals surface area contributed by atoms with E-state index >= 15 is 0 Å². The van der Waals surface area contributed by atoms with E-state index in [1.165, 1.54) is 11.6 Å². The van der Waals surface area contributed by atoms with E-state index in [0.29, 0.717) is 5.52 Å². The SMILES string of the molecule is CCc1c[nH]c2c(F)cccc12. The molecule has 62 valence electrons. The number of benzene rings is 1. The molecule has 1 nitrogen and oxygen atoms in total. The van der Waals surface area contributed by atoms with Crippen LogP contribution in [-0.4, -0.2) is 4.98 Å². The molecule has 0 aliphatic carbocycles. The van der Waals surface area contributed by atoms with Gasteiger partial charge in [0.2, 0.25) is 0 Å². The average Bonchev–Trinajstić information content (AvgIpc) is 2.49. The van der Waals surface area contributed by atoms with Crippen molar-refractivity contribution in [2.24, 2.45) is 0 Å². The Bertz CT molecular complexity index is 403. The fourth-order valence-corrected chi connectivity index (χ4v) is 1.47. The van der Waals surface area contributed by atoms with Gasteiger partial charge in [-0.15, -0.1) is 0 Å². The largest absolute Gasteiger partial charge is 0.359 e. The summed E-state index contributed by atoms with van der Waals surface area (Å²) in [6.07, 6.45) is 2.80. The number of aromatic nitrogens is 1. The first kappa shape index (κ1) is 7.35. The molecule has 0 fully saturated rings. The van der Waals surface area contributed by atoms with Gasteiger partial charge in [0.15, 0.2) is 0 Å². The highest BCUT2D eigenvalue weighted by Gasteiger charge is 2.04. The highest BCUT2D eigenvalue weighted by Crippen LogP contribution is 2.20. The molecule has 0 unspecified atom stereocenters. The number of H-pyrrole nitrogens is 1. The Hall–Kier alpha value is -1.31. The fraction of sp³-hybridized carbons (Fsp3) is 0.200. The topological polar surface area (TPSA) is 15.8 Å². The lowest BCUT2D eigenvalue weighted by atomic mass is 10.1. The minimum Gasteiger partial charge on any atom is -0.359 e. The van der Waals surface area contributed by atoms with E-state index in [1.807, 2.05) is 12.3 Å². The number of rotatable bonds is 1. The van der Waals surface area contributed by atoms with Gasteiger partial charge in [-0.25, -0.2) is 4.39 Å². The molecule has 1 N–H and O–H groups in total. The number of halogens is 1. The molecular weight excluding hydrogens is 153 g/mol. The molecule has 1 aromatic heterocycles. The van der Waals surface area contributed by atoms with Crippen LogP contribution in [0.25, 0.3) is 10.9 Å². The van der Waals surface area contributed by atoms with E-state index in [2.05, 4.69) is 11.9 Å². The molecule has 0 saturated heterocycles. The van der Waals surface area contributed by atoms with Gasteiger partial charge in [-0.05, 0) is 18.1 Å². The van der Waals surface area contributed by atoms with E-state index in [1.54, 1.807) is 6.07 Å². The lowest BCUT2D eigenvalue weighted by Gasteiger charge is -1.93. The van der Waals surface area contributed by atoms with Gasteiger partial charge in [-0.3, -0.25) is 0 Å². The van der Waals surface area contributed by atoms with Gasteiger partial charge in [0.25, 0.3) is 0 Å². The fourth-order valence-electron chi connectivity index (χ4n) is 1.47. The highest BCUT2D eigenvalue weighted by molar-refractivity contribution is 5.83. The summed E-state index contributed by atoms with van der Waals surface area (Å²) in [6.45, 7) is 2.06. The first-order valence-corrected chi connectivity index (χ1v) is 4.07. The number of hydrogen-bond donors (Lipinski definition) is 1. The van der Waals surface area contributed by atoms with Crippen LogP contribution in [0.3, 0.4) is 0 Å². The summed E-state index contributed by atoms with van der Waals surface area (Å²) in [4.78, 5) is 2.93. The first-order valence-electron chi connectivity index (χ1n) is 4.07. The first-order chi connectivity index (χ1) is 5.83. The maximum Gasteiger partial charge on any atom is 0.147 e. The minimum absolute atomic E-state index is 0.174. The Balaban J connectivity index is 2.80. The van der Waals surface area contributed by atoms with E-state index in [9.17, 15) is 4.39 Å². The summed E-state index contributed by atoms with van der Waals surface area (Å²) >= 11 is 0. The normalized spacial score (nSPS) is 10.8. The van der Waals surface area contributed by atoms with Crippen LogP contribution in [0.15, 0.2) is 24.4 Å². The predicted molar refractivity (Wildman–Crippen MR) is 47.6 cm³/mol. The number of para-hydroxylation sites is 1. The van der Waals surface area contributed by atoms with E-state index in [0.717, 1.165) is 11.8 Å². The number of nitrogens with one attached hydrogen (secondary N) is 1. The van der Waals surface area contributed by atoms with Crippen LogP contribution in [0.4, 0.5) is 4.39 Å². The van der Waals surface area contributed by atoms with Gasteiger partial charge < -0.3 is 4.98 Å². The zero-order chi connectivity index (χ0) is 8.55. The number of hydrogen-bond acceptors (Lipinski definition) is 0. The Morgan fingerprint density at radius 1 is 1.42 bits per heavy atom.